The van der Waals surface area contributed by atoms with E-state index < -0.39 is 0 Å². The highest BCUT2D eigenvalue weighted by molar-refractivity contribution is 5.81. The zero-order valence-electron chi connectivity index (χ0n) is 7.70. The summed E-state index contributed by atoms with van der Waals surface area (Å²) in [6.07, 6.45) is 1.80. The molecule has 2 nitrogen and oxygen atoms in total. The molecule has 1 heterocycles. The lowest BCUT2D eigenvalue weighted by atomic mass is 10.1. The number of fused-ring (bicyclic) bond motifs is 1. The van der Waals surface area contributed by atoms with Gasteiger partial charge in [0, 0.05) is 17.6 Å². The van der Waals surface area contributed by atoms with E-state index in [1.807, 2.05) is 19.9 Å². The quantitative estimate of drug-likeness (QED) is 0.664. The summed E-state index contributed by atoms with van der Waals surface area (Å²) in [5.74, 6) is 0.309. The van der Waals surface area contributed by atoms with Crippen LogP contribution < -0.4 is 0 Å². The van der Waals surface area contributed by atoms with Crippen molar-refractivity contribution in [3.05, 3.63) is 35.5 Å². The number of pyridine rings is 1. The van der Waals surface area contributed by atoms with Crippen LogP contribution >= 0.6 is 0 Å². The molecule has 0 spiro atoms. The van der Waals surface area contributed by atoms with Gasteiger partial charge in [0.1, 0.15) is 5.75 Å². The maximum absolute atomic E-state index is 9.45. The molecule has 0 aliphatic carbocycles. The number of phenolic OH excluding ortho intramolecular Hbond substituents is 1. The van der Waals surface area contributed by atoms with Crippen LogP contribution in [0.25, 0.3) is 10.9 Å². The van der Waals surface area contributed by atoms with Gasteiger partial charge in [-0.2, -0.15) is 0 Å². The topological polar surface area (TPSA) is 33.1 Å². The van der Waals surface area contributed by atoms with Crippen LogP contribution in [0.3, 0.4) is 0 Å². The van der Waals surface area contributed by atoms with E-state index in [1.54, 1.807) is 12.3 Å². The highest BCUT2D eigenvalue weighted by atomic mass is 16.3. The van der Waals surface area contributed by atoms with E-state index in [0.29, 0.717) is 5.75 Å². The fraction of sp³-hybridized carbons (Fsp3) is 0.182. The number of rotatable bonds is 0. The molecule has 66 valence electrons. The lowest BCUT2D eigenvalue weighted by Gasteiger charge is -2.02. The van der Waals surface area contributed by atoms with E-state index in [-0.39, 0.29) is 0 Å². The molecule has 0 radical (unpaired) electrons. The lowest BCUT2D eigenvalue weighted by Crippen LogP contribution is -1.82. The number of phenols is 1. The molecule has 0 amide bonds. The van der Waals surface area contributed by atoms with Gasteiger partial charge in [0.25, 0.3) is 0 Å². The van der Waals surface area contributed by atoms with E-state index >= 15 is 0 Å². The Morgan fingerprint density at radius 2 is 1.92 bits per heavy atom. The Bertz CT molecular complexity index is 463. The molecular weight excluding hydrogens is 162 g/mol. The van der Waals surface area contributed by atoms with E-state index in [9.17, 15) is 5.11 Å². The van der Waals surface area contributed by atoms with Gasteiger partial charge in [0.15, 0.2) is 0 Å². The van der Waals surface area contributed by atoms with E-state index in [4.69, 9.17) is 0 Å². The van der Waals surface area contributed by atoms with Crippen LogP contribution in [0.2, 0.25) is 0 Å². The molecule has 2 heteroatoms. The summed E-state index contributed by atoms with van der Waals surface area (Å²) < 4.78 is 0. The zero-order valence-corrected chi connectivity index (χ0v) is 7.70. The number of aromatic hydroxyl groups is 1. The van der Waals surface area contributed by atoms with Crippen LogP contribution in [0.4, 0.5) is 0 Å². The first-order valence-electron chi connectivity index (χ1n) is 4.23. The van der Waals surface area contributed by atoms with Crippen molar-refractivity contribution in [3.8, 4) is 5.75 Å². The van der Waals surface area contributed by atoms with Crippen molar-refractivity contribution in [2.45, 2.75) is 13.8 Å². The van der Waals surface area contributed by atoms with Gasteiger partial charge in [-0.25, -0.2) is 0 Å². The monoisotopic (exact) mass is 173 g/mol. The fourth-order valence-corrected chi connectivity index (χ4v) is 1.39. The highest BCUT2D eigenvalue weighted by Crippen LogP contribution is 2.23. The normalized spacial score (nSPS) is 10.6. The van der Waals surface area contributed by atoms with Crippen LogP contribution in [-0.4, -0.2) is 10.1 Å². The second-order valence-corrected chi connectivity index (χ2v) is 3.34. The third-order valence-electron chi connectivity index (χ3n) is 2.14. The second-order valence-electron chi connectivity index (χ2n) is 3.34. The fourth-order valence-electron chi connectivity index (χ4n) is 1.39. The van der Waals surface area contributed by atoms with E-state index in [1.165, 1.54) is 0 Å². The second kappa shape index (κ2) is 2.73. The molecule has 0 fully saturated rings. The smallest absolute Gasteiger partial charge is 0.120 e. The summed E-state index contributed by atoms with van der Waals surface area (Å²) >= 11 is 0. The van der Waals surface area contributed by atoms with Crippen molar-refractivity contribution in [1.82, 2.24) is 4.98 Å². The van der Waals surface area contributed by atoms with Gasteiger partial charge in [-0.1, -0.05) is 0 Å². The molecule has 1 aromatic carbocycles. The molecule has 0 atom stereocenters. The van der Waals surface area contributed by atoms with E-state index in [2.05, 4.69) is 11.1 Å². The van der Waals surface area contributed by atoms with E-state index in [0.717, 1.165) is 22.0 Å². The minimum atomic E-state index is 0.309. The minimum Gasteiger partial charge on any atom is -0.508 e. The van der Waals surface area contributed by atoms with Crippen molar-refractivity contribution in [1.29, 1.82) is 0 Å². The summed E-state index contributed by atoms with van der Waals surface area (Å²) in [6.45, 7) is 3.89. The van der Waals surface area contributed by atoms with Crippen molar-refractivity contribution < 1.29 is 5.11 Å². The third-order valence-corrected chi connectivity index (χ3v) is 2.14. The van der Waals surface area contributed by atoms with Gasteiger partial charge in [0.05, 0.1) is 5.52 Å². The van der Waals surface area contributed by atoms with Gasteiger partial charge in [-0.3, -0.25) is 4.98 Å². The number of nitrogens with zero attached hydrogens (tertiary/aromatic N) is 1. The predicted octanol–water partition coefficient (Wildman–Crippen LogP) is 2.56. The van der Waals surface area contributed by atoms with Crippen molar-refractivity contribution in [2.24, 2.45) is 0 Å². The lowest BCUT2D eigenvalue weighted by molar-refractivity contribution is 0.472. The molecule has 2 rings (SSSR count). The standard InChI is InChI=1S/C11H11NO/c1-7-3-9-4-8(2)11(13)5-10(9)12-6-7/h3-6,13H,1-2H3. The molecule has 0 saturated carbocycles. The molecule has 2 aromatic rings. The van der Waals surface area contributed by atoms with Crippen molar-refractivity contribution >= 4 is 10.9 Å². The average molecular weight is 173 g/mol. The van der Waals surface area contributed by atoms with Crippen LogP contribution in [0.5, 0.6) is 5.75 Å². The minimum absolute atomic E-state index is 0.309. The number of benzene rings is 1. The Morgan fingerprint density at radius 3 is 2.69 bits per heavy atom. The molecular formula is C11H11NO. The first-order chi connectivity index (χ1) is 6.16. The third kappa shape index (κ3) is 1.35. The Hall–Kier alpha value is -1.57. The summed E-state index contributed by atoms with van der Waals surface area (Å²) in [5, 5.41) is 10.5. The molecule has 0 unspecified atom stereocenters. The van der Waals surface area contributed by atoms with Gasteiger partial charge < -0.3 is 5.11 Å². The molecule has 1 aromatic heterocycles. The maximum Gasteiger partial charge on any atom is 0.120 e. The Labute approximate surface area is 76.9 Å². The number of aromatic nitrogens is 1. The van der Waals surface area contributed by atoms with Gasteiger partial charge >= 0.3 is 0 Å². The number of hydrogen-bond acceptors (Lipinski definition) is 2. The Kier molecular flexibility index (Phi) is 1.69. The molecule has 0 aliphatic heterocycles. The number of aryl methyl sites for hydroxylation is 2. The van der Waals surface area contributed by atoms with Crippen LogP contribution in [0, 0.1) is 13.8 Å². The van der Waals surface area contributed by atoms with Gasteiger partial charge in [0.2, 0.25) is 0 Å². The van der Waals surface area contributed by atoms with Crippen LogP contribution in [-0.2, 0) is 0 Å². The van der Waals surface area contributed by atoms with Crippen LogP contribution in [0.15, 0.2) is 24.4 Å². The average Bonchev–Trinajstić information content (AvgIpc) is 2.08. The molecule has 0 aliphatic rings. The Balaban J connectivity index is 2.81. The molecule has 13 heavy (non-hydrogen) atoms. The zero-order chi connectivity index (χ0) is 9.42. The van der Waals surface area contributed by atoms with Crippen molar-refractivity contribution in [2.75, 3.05) is 0 Å². The van der Waals surface area contributed by atoms with Gasteiger partial charge in [-0.05, 0) is 37.1 Å². The Morgan fingerprint density at radius 1 is 1.15 bits per heavy atom. The largest absolute Gasteiger partial charge is 0.508 e. The first-order valence-corrected chi connectivity index (χ1v) is 4.23. The SMILES string of the molecule is Cc1cnc2cc(O)c(C)cc2c1. The van der Waals surface area contributed by atoms with Crippen LogP contribution in [0.1, 0.15) is 11.1 Å². The predicted molar refractivity (Wildman–Crippen MR) is 52.9 cm³/mol. The molecule has 0 saturated heterocycles. The summed E-state index contributed by atoms with van der Waals surface area (Å²) in [4.78, 5) is 4.22. The number of hydrogen-bond donors (Lipinski definition) is 1. The van der Waals surface area contributed by atoms with Gasteiger partial charge in [-0.15, -0.1) is 0 Å². The maximum atomic E-state index is 9.45. The first kappa shape index (κ1) is 8.05. The summed E-state index contributed by atoms with van der Waals surface area (Å²) in [7, 11) is 0. The summed E-state index contributed by atoms with van der Waals surface area (Å²) in [5.41, 5.74) is 2.87. The summed E-state index contributed by atoms with van der Waals surface area (Å²) in [6, 6.07) is 5.71. The molecule has 1 N–H and O–H groups in total. The van der Waals surface area contributed by atoms with Crippen molar-refractivity contribution in [3.63, 3.8) is 0 Å². The molecule has 0 bridgehead atoms. The highest BCUT2D eigenvalue weighted by Gasteiger charge is 2.00.